The van der Waals surface area contributed by atoms with E-state index >= 15 is 0 Å². The van der Waals surface area contributed by atoms with Gasteiger partial charge >= 0.3 is 0 Å². The van der Waals surface area contributed by atoms with Crippen LogP contribution >= 0.6 is 45.2 Å². The van der Waals surface area contributed by atoms with E-state index in [2.05, 4.69) is 69.4 Å². The fourth-order valence-electron chi connectivity index (χ4n) is 1.18. The number of alkyl halides is 2. The first-order chi connectivity index (χ1) is 5.20. The molecule has 0 aliphatic carbocycles. The Bertz CT molecular complexity index is 283. The van der Waals surface area contributed by atoms with Gasteiger partial charge in [0.2, 0.25) is 0 Å². The lowest BCUT2D eigenvalue weighted by Crippen LogP contribution is -2.04. The zero-order chi connectivity index (χ0) is 7.90. The summed E-state index contributed by atoms with van der Waals surface area (Å²) in [7, 11) is 0. The molecule has 58 valence electrons. The SMILES string of the molecule is IC1(I)OCc2ccccc21. The van der Waals surface area contributed by atoms with Crippen molar-refractivity contribution < 1.29 is 4.74 Å². The van der Waals surface area contributed by atoms with Gasteiger partial charge in [-0.25, -0.2) is 0 Å². The van der Waals surface area contributed by atoms with Crippen LogP contribution < -0.4 is 0 Å². The minimum atomic E-state index is -0.133. The third-order valence-corrected chi connectivity index (χ3v) is 3.52. The largest absolute Gasteiger partial charge is 0.346 e. The maximum Gasteiger partial charge on any atom is 0.195 e. The van der Waals surface area contributed by atoms with Crippen molar-refractivity contribution >= 4 is 45.2 Å². The lowest BCUT2D eigenvalue weighted by Gasteiger charge is -2.12. The second kappa shape index (κ2) is 2.85. The Morgan fingerprint density at radius 1 is 1.27 bits per heavy atom. The molecule has 2 rings (SSSR count). The smallest absolute Gasteiger partial charge is 0.195 e. The van der Waals surface area contributed by atoms with Crippen LogP contribution in [0.2, 0.25) is 0 Å². The van der Waals surface area contributed by atoms with Crippen molar-refractivity contribution in [3.63, 3.8) is 0 Å². The van der Waals surface area contributed by atoms with Crippen molar-refractivity contribution in [3.05, 3.63) is 35.4 Å². The Labute approximate surface area is 92.8 Å². The number of rotatable bonds is 0. The lowest BCUT2D eigenvalue weighted by molar-refractivity contribution is 0.126. The molecule has 0 atom stereocenters. The summed E-state index contributed by atoms with van der Waals surface area (Å²) in [5.74, 6) is 0. The Morgan fingerprint density at radius 3 is 2.73 bits per heavy atom. The Hall–Kier alpha value is 0.640. The van der Waals surface area contributed by atoms with E-state index in [0.717, 1.165) is 6.61 Å². The summed E-state index contributed by atoms with van der Waals surface area (Å²) in [6, 6.07) is 8.35. The summed E-state index contributed by atoms with van der Waals surface area (Å²) in [5, 5.41) is 0. The van der Waals surface area contributed by atoms with E-state index in [1.54, 1.807) is 0 Å². The molecule has 1 heterocycles. The molecule has 3 heteroatoms. The highest BCUT2D eigenvalue weighted by atomic mass is 127. The molecule has 0 amide bonds. The topological polar surface area (TPSA) is 9.23 Å². The van der Waals surface area contributed by atoms with Crippen LogP contribution in [0.5, 0.6) is 0 Å². The third kappa shape index (κ3) is 1.42. The van der Waals surface area contributed by atoms with E-state index in [-0.39, 0.29) is 1.61 Å². The Kier molecular flexibility index (Phi) is 2.13. The van der Waals surface area contributed by atoms with Crippen LogP contribution in [0.1, 0.15) is 11.1 Å². The average Bonchev–Trinajstić information content (AvgIpc) is 2.29. The molecule has 1 aliphatic heterocycles. The van der Waals surface area contributed by atoms with Crippen LogP contribution in [0.25, 0.3) is 0 Å². The van der Waals surface area contributed by atoms with Crippen molar-refractivity contribution in [2.75, 3.05) is 0 Å². The summed E-state index contributed by atoms with van der Waals surface area (Å²) in [4.78, 5) is 0. The lowest BCUT2D eigenvalue weighted by atomic mass is 10.1. The molecule has 0 bridgehead atoms. The molecule has 1 aliphatic rings. The monoisotopic (exact) mass is 372 g/mol. The van der Waals surface area contributed by atoms with Gasteiger partial charge in [-0.05, 0) is 50.7 Å². The number of hydrogen-bond acceptors (Lipinski definition) is 1. The molecule has 1 nitrogen and oxygen atoms in total. The van der Waals surface area contributed by atoms with E-state index in [9.17, 15) is 0 Å². The molecule has 0 saturated carbocycles. The van der Waals surface area contributed by atoms with Gasteiger partial charge in [-0.1, -0.05) is 24.3 Å². The average molecular weight is 372 g/mol. The number of benzene rings is 1. The number of fused-ring (bicyclic) bond motifs is 1. The van der Waals surface area contributed by atoms with E-state index < -0.39 is 0 Å². The van der Waals surface area contributed by atoms with Crippen LogP contribution in [0.3, 0.4) is 0 Å². The van der Waals surface area contributed by atoms with Crippen LogP contribution in [0.15, 0.2) is 24.3 Å². The van der Waals surface area contributed by atoms with E-state index in [1.807, 2.05) is 0 Å². The molecule has 0 radical (unpaired) electrons. The highest BCUT2D eigenvalue weighted by Crippen LogP contribution is 2.47. The Balaban J connectivity index is 2.56. The summed E-state index contributed by atoms with van der Waals surface area (Å²) in [6.45, 7) is 0.752. The molecule has 0 N–H and O–H groups in total. The standard InChI is InChI=1S/C8H6I2O/c9-8(10)7-4-2-1-3-6(7)5-11-8/h1-4H,5H2. The van der Waals surface area contributed by atoms with E-state index in [1.165, 1.54) is 11.1 Å². The van der Waals surface area contributed by atoms with Gasteiger partial charge in [0.15, 0.2) is 1.61 Å². The van der Waals surface area contributed by atoms with Gasteiger partial charge in [-0.2, -0.15) is 0 Å². The molecule has 0 spiro atoms. The molecular formula is C8H6I2O. The zero-order valence-corrected chi connectivity index (χ0v) is 10.00. The molecule has 1 aromatic carbocycles. The first-order valence-corrected chi connectivity index (χ1v) is 5.46. The molecule has 0 fully saturated rings. The zero-order valence-electron chi connectivity index (χ0n) is 5.68. The number of hydrogen-bond donors (Lipinski definition) is 0. The molecule has 11 heavy (non-hydrogen) atoms. The minimum Gasteiger partial charge on any atom is -0.346 e. The van der Waals surface area contributed by atoms with E-state index in [4.69, 9.17) is 4.74 Å². The van der Waals surface area contributed by atoms with Crippen molar-refractivity contribution in [3.8, 4) is 0 Å². The van der Waals surface area contributed by atoms with Crippen LogP contribution in [-0.2, 0) is 13.0 Å². The fraction of sp³-hybridized carbons (Fsp3) is 0.250. The van der Waals surface area contributed by atoms with E-state index in [0.29, 0.717) is 0 Å². The van der Waals surface area contributed by atoms with Crippen LogP contribution in [0, 0.1) is 0 Å². The third-order valence-electron chi connectivity index (χ3n) is 1.74. The highest BCUT2D eigenvalue weighted by molar-refractivity contribution is 14.2. The summed E-state index contributed by atoms with van der Waals surface area (Å²) in [5.41, 5.74) is 2.62. The first kappa shape index (κ1) is 8.25. The maximum atomic E-state index is 5.58. The second-order valence-electron chi connectivity index (χ2n) is 2.46. The molecule has 0 aromatic heterocycles. The van der Waals surface area contributed by atoms with Gasteiger partial charge in [-0.15, -0.1) is 0 Å². The number of ether oxygens (including phenoxy) is 1. The van der Waals surface area contributed by atoms with Crippen molar-refractivity contribution in [2.24, 2.45) is 0 Å². The predicted octanol–water partition coefficient (Wildman–Crippen LogP) is 3.20. The van der Waals surface area contributed by atoms with Gasteiger partial charge in [0.1, 0.15) is 0 Å². The predicted molar refractivity (Wildman–Crippen MR) is 60.9 cm³/mol. The van der Waals surface area contributed by atoms with Crippen LogP contribution in [-0.4, -0.2) is 0 Å². The van der Waals surface area contributed by atoms with Gasteiger partial charge in [0, 0.05) is 5.56 Å². The molecular weight excluding hydrogens is 366 g/mol. The highest BCUT2D eigenvalue weighted by Gasteiger charge is 2.33. The quantitative estimate of drug-likeness (QED) is 0.502. The second-order valence-corrected chi connectivity index (χ2v) is 7.56. The van der Waals surface area contributed by atoms with Crippen molar-refractivity contribution in [1.29, 1.82) is 0 Å². The van der Waals surface area contributed by atoms with Crippen LogP contribution in [0.4, 0.5) is 0 Å². The summed E-state index contributed by atoms with van der Waals surface area (Å²) < 4.78 is 5.45. The van der Waals surface area contributed by atoms with Gasteiger partial charge in [-0.3, -0.25) is 0 Å². The van der Waals surface area contributed by atoms with Gasteiger partial charge in [0.25, 0.3) is 0 Å². The summed E-state index contributed by atoms with van der Waals surface area (Å²) in [6.07, 6.45) is 0. The fourth-order valence-corrected chi connectivity index (χ4v) is 2.54. The molecule has 0 unspecified atom stereocenters. The Morgan fingerprint density at radius 2 is 2.00 bits per heavy atom. The number of halogens is 2. The van der Waals surface area contributed by atoms with Crippen molar-refractivity contribution in [1.82, 2.24) is 0 Å². The maximum absolute atomic E-state index is 5.58. The summed E-state index contributed by atoms with van der Waals surface area (Å²) >= 11 is 4.64. The van der Waals surface area contributed by atoms with Crippen molar-refractivity contribution in [2.45, 2.75) is 8.22 Å². The first-order valence-electron chi connectivity index (χ1n) is 3.30. The normalized spacial score (nSPS) is 19.8. The van der Waals surface area contributed by atoms with Gasteiger partial charge < -0.3 is 4.74 Å². The molecule has 1 aromatic rings. The van der Waals surface area contributed by atoms with Gasteiger partial charge in [0.05, 0.1) is 6.61 Å². The molecule has 0 saturated heterocycles. The minimum absolute atomic E-state index is 0.133.